The van der Waals surface area contributed by atoms with E-state index in [1.165, 1.54) is 15.4 Å². The number of aryl methyl sites for hydroxylation is 1. The highest BCUT2D eigenvalue weighted by Gasteiger charge is 2.38. The SMILES string of the molecule is COCc1cnc2n1CCN(Cc1ccc(C)s1)C2C.O=C(O)C(F)(F)F. The van der Waals surface area contributed by atoms with E-state index in [0.717, 1.165) is 25.5 Å². The molecule has 2 aromatic rings. The molecule has 6 nitrogen and oxygen atoms in total. The quantitative estimate of drug-likeness (QED) is 0.842. The Kier molecular flexibility index (Phi) is 7.01. The Labute approximate surface area is 159 Å². The Morgan fingerprint density at radius 1 is 1.41 bits per heavy atom. The number of halogens is 3. The van der Waals surface area contributed by atoms with Gasteiger partial charge in [0.1, 0.15) is 5.82 Å². The van der Waals surface area contributed by atoms with Gasteiger partial charge in [-0.1, -0.05) is 0 Å². The molecule has 0 saturated carbocycles. The summed E-state index contributed by atoms with van der Waals surface area (Å²) < 4.78 is 39.3. The fraction of sp³-hybridized carbons (Fsp3) is 0.529. The van der Waals surface area contributed by atoms with Crippen LogP contribution in [0.3, 0.4) is 0 Å². The third-order valence-electron chi connectivity index (χ3n) is 4.19. The van der Waals surface area contributed by atoms with Gasteiger partial charge in [0.05, 0.1) is 24.5 Å². The van der Waals surface area contributed by atoms with Crippen molar-refractivity contribution in [3.05, 3.63) is 39.6 Å². The maximum absolute atomic E-state index is 10.6. The molecule has 0 saturated heterocycles. The lowest BCUT2D eigenvalue weighted by Gasteiger charge is -2.34. The molecule has 3 rings (SSSR count). The van der Waals surface area contributed by atoms with Gasteiger partial charge in [0.2, 0.25) is 0 Å². The predicted molar refractivity (Wildman–Crippen MR) is 94.5 cm³/mol. The van der Waals surface area contributed by atoms with Gasteiger partial charge in [-0.2, -0.15) is 13.2 Å². The van der Waals surface area contributed by atoms with Crippen LogP contribution in [0.4, 0.5) is 13.2 Å². The first-order chi connectivity index (χ1) is 12.6. The first-order valence-electron chi connectivity index (χ1n) is 8.26. The summed E-state index contributed by atoms with van der Waals surface area (Å²) in [7, 11) is 1.73. The number of fused-ring (bicyclic) bond motifs is 1. The van der Waals surface area contributed by atoms with E-state index in [2.05, 4.69) is 40.4 Å². The summed E-state index contributed by atoms with van der Waals surface area (Å²) in [6.07, 6.45) is -3.13. The third kappa shape index (κ3) is 5.53. The van der Waals surface area contributed by atoms with Crippen LogP contribution in [0, 0.1) is 6.92 Å². The molecule has 1 aliphatic heterocycles. The van der Waals surface area contributed by atoms with Crippen molar-refractivity contribution in [1.29, 1.82) is 0 Å². The van der Waals surface area contributed by atoms with Crippen LogP contribution >= 0.6 is 11.3 Å². The number of ether oxygens (including phenoxy) is 1. The molecule has 1 atom stereocenters. The molecule has 27 heavy (non-hydrogen) atoms. The smallest absolute Gasteiger partial charge is 0.475 e. The summed E-state index contributed by atoms with van der Waals surface area (Å²) in [6, 6.07) is 4.80. The average Bonchev–Trinajstić information content (AvgIpc) is 3.17. The van der Waals surface area contributed by atoms with Gasteiger partial charge in [-0.3, -0.25) is 4.90 Å². The Morgan fingerprint density at radius 2 is 2.07 bits per heavy atom. The largest absolute Gasteiger partial charge is 0.490 e. The molecule has 0 spiro atoms. The topological polar surface area (TPSA) is 67.6 Å². The Bertz CT molecular complexity index is 773. The molecule has 2 aromatic heterocycles. The first kappa shape index (κ1) is 21.4. The van der Waals surface area contributed by atoms with Gasteiger partial charge >= 0.3 is 12.1 Å². The lowest BCUT2D eigenvalue weighted by molar-refractivity contribution is -0.192. The van der Waals surface area contributed by atoms with E-state index < -0.39 is 12.1 Å². The zero-order valence-corrected chi connectivity index (χ0v) is 16.1. The molecule has 0 aromatic carbocycles. The highest BCUT2D eigenvalue weighted by molar-refractivity contribution is 7.11. The van der Waals surface area contributed by atoms with Crippen LogP contribution in [-0.4, -0.2) is 45.4 Å². The molecule has 0 radical (unpaired) electrons. The maximum atomic E-state index is 10.6. The van der Waals surface area contributed by atoms with E-state index in [4.69, 9.17) is 14.6 Å². The van der Waals surface area contributed by atoms with Crippen molar-refractivity contribution >= 4 is 17.3 Å². The fourth-order valence-corrected chi connectivity index (χ4v) is 3.77. The van der Waals surface area contributed by atoms with Crippen LogP contribution in [0.5, 0.6) is 0 Å². The van der Waals surface area contributed by atoms with Gasteiger partial charge < -0.3 is 14.4 Å². The molecule has 0 aliphatic carbocycles. The van der Waals surface area contributed by atoms with E-state index in [-0.39, 0.29) is 0 Å². The summed E-state index contributed by atoms with van der Waals surface area (Å²) in [5, 5.41) is 7.12. The summed E-state index contributed by atoms with van der Waals surface area (Å²) >= 11 is 1.89. The molecule has 3 heterocycles. The van der Waals surface area contributed by atoms with Crippen LogP contribution in [0.15, 0.2) is 18.3 Å². The van der Waals surface area contributed by atoms with Crippen molar-refractivity contribution in [2.24, 2.45) is 0 Å². The lowest BCUT2D eigenvalue weighted by Crippen LogP contribution is -2.36. The van der Waals surface area contributed by atoms with Gasteiger partial charge in [0, 0.05) is 36.5 Å². The lowest BCUT2D eigenvalue weighted by atomic mass is 10.2. The second kappa shape index (κ2) is 8.85. The Balaban J connectivity index is 0.000000321. The molecule has 1 unspecified atom stereocenters. The van der Waals surface area contributed by atoms with Crippen LogP contribution in [0.1, 0.15) is 34.2 Å². The number of nitrogens with zero attached hydrogens (tertiary/aromatic N) is 3. The molecular weight excluding hydrogens is 383 g/mol. The monoisotopic (exact) mass is 405 g/mol. The molecule has 0 fully saturated rings. The van der Waals surface area contributed by atoms with Crippen molar-refractivity contribution in [1.82, 2.24) is 14.5 Å². The number of methoxy groups -OCH3 is 1. The number of rotatable bonds is 4. The molecule has 1 N–H and O–H groups in total. The van der Waals surface area contributed by atoms with Gasteiger partial charge in [0.25, 0.3) is 0 Å². The van der Waals surface area contributed by atoms with Crippen LogP contribution in [0.25, 0.3) is 0 Å². The minimum absolute atomic E-state index is 0.358. The standard InChI is InChI=1S/C15H21N3OS.C2HF3O2/c1-11-4-5-14(20-11)9-17-6-7-18-13(10-19-3)8-16-15(18)12(17)2;3-2(4,5)1(6)7/h4-5,8,12H,6-7,9-10H2,1-3H3;(H,6,7). The van der Waals surface area contributed by atoms with Gasteiger partial charge in [0.15, 0.2) is 0 Å². The van der Waals surface area contributed by atoms with Crippen molar-refractivity contribution in [2.45, 2.75) is 45.8 Å². The second-order valence-electron chi connectivity index (χ2n) is 6.15. The number of carboxylic acid groups (broad SMARTS) is 1. The Hall–Kier alpha value is -1.91. The first-order valence-corrected chi connectivity index (χ1v) is 9.07. The number of aromatic nitrogens is 2. The third-order valence-corrected chi connectivity index (χ3v) is 5.18. The maximum Gasteiger partial charge on any atom is 0.490 e. The molecule has 10 heteroatoms. The minimum Gasteiger partial charge on any atom is -0.475 e. The normalized spacial score (nSPS) is 17.2. The summed E-state index contributed by atoms with van der Waals surface area (Å²) in [6.45, 7) is 8.14. The highest BCUT2D eigenvalue weighted by Crippen LogP contribution is 2.28. The molecule has 0 bridgehead atoms. The fourth-order valence-electron chi connectivity index (χ4n) is 2.85. The average molecular weight is 405 g/mol. The van der Waals surface area contributed by atoms with Gasteiger partial charge in [-0.25, -0.2) is 9.78 Å². The molecule has 1 aliphatic rings. The van der Waals surface area contributed by atoms with E-state index in [0.29, 0.717) is 12.6 Å². The minimum atomic E-state index is -5.08. The number of thiophene rings is 1. The summed E-state index contributed by atoms with van der Waals surface area (Å²) in [5.74, 6) is -1.59. The van der Waals surface area contributed by atoms with Crippen LogP contribution in [-0.2, 0) is 29.2 Å². The van der Waals surface area contributed by atoms with Crippen molar-refractivity contribution < 1.29 is 27.8 Å². The number of hydrogen-bond acceptors (Lipinski definition) is 5. The van der Waals surface area contributed by atoms with E-state index in [9.17, 15) is 13.2 Å². The zero-order chi connectivity index (χ0) is 20.2. The predicted octanol–water partition coefficient (Wildman–Crippen LogP) is 3.61. The number of alkyl halides is 3. The van der Waals surface area contributed by atoms with E-state index in [1.807, 2.05) is 17.5 Å². The number of carboxylic acids is 1. The summed E-state index contributed by atoms with van der Waals surface area (Å²) in [5.41, 5.74) is 1.18. The second-order valence-corrected chi connectivity index (χ2v) is 7.53. The van der Waals surface area contributed by atoms with Crippen LogP contribution < -0.4 is 0 Å². The van der Waals surface area contributed by atoms with E-state index >= 15 is 0 Å². The van der Waals surface area contributed by atoms with E-state index in [1.54, 1.807) is 7.11 Å². The Morgan fingerprint density at radius 3 is 2.59 bits per heavy atom. The van der Waals surface area contributed by atoms with Gasteiger partial charge in [-0.05, 0) is 26.0 Å². The number of imidazole rings is 1. The highest BCUT2D eigenvalue weighted by atomic mass is 32.1. The number of aliphatic carboxylic acids is 1. The molecular formula is C17H22F3N3O3S. The van der Waals surface area contributed by atoms with Crippen molar-refractivity contribution in [3.8, 4) is 0 Å². The van der Waals surface area contributed by atoms with Crippen molar-refractivity contribution in [2.75, 3.05) is 13.7 Å². The molecule has 150 valence electrons. The number of hydrogen-bond donors (Lipinski definition) is 1. The van der Waals surface area contributed by atoms with Crippen LogP contribution in [0.2, 0.25) is 0 Å². The van der Waals surface area contributed by atoms with Gasteiger partial charge in [-0.15, -0.1) is 11.3 Å². The molecule has 0 amide bonds. The number of carbonyl (C=O) groups is 1. The zero-order valence-electron chi connectivity index (χ0n) is 15.3. The van der Waals surface area contributed by atoms with Crippen molar-refractivity contribution in [3.63, 3.8) is 0 Å². The summed E-state index contributed by atoms with van der Waals surface area (Å²) in [4.78, 5) is 18.8.